The molecule has 0 unspecified atom stereocenters. The van der Waals surface area contributed by atoms with Crippen LogP contribution in [0.25, 0.3) is 0 Å². The number of aryl methyl sites for hydroxylation is 1. The van der Waals surface area contributed by atoms with Crippen LogP contribution >= 0.6 is 15.9 Å². The van der Waals surface area contributed by atoms with Gasteiger partial charge >= 0.3 is 0 Å². The number of hydrogen-bond acceptors (Lipinski definition) is 2. The predicted octanol–water partition coefficient (Wildman–Crippen LogP) is 2.55. The van der Waals surface area contributed by atoms with Gasteiger partial charge in [-0.25, -0.2) is 9.37 Å². The zero-order valence-electron chi connectivity index (χ0n) is 8.45. The second-order valence-corrected chi connectivity index (χ2v) is 4.29. The summed E-state index contributed by atoms with van der Waals surface area (Å²) in [6.07, 6.45) is 3.06. The minimum Gasteiger partial charge on any atom is -0.340 e. The molecule has 0 spiro atoms. The van der Waals surface area contributed by atoms with Crippen LogP contribution in [0, 0.1) is 5.82 Å². The van der Waals surface area contributed by atoms with E-state index in [-0.39, 0.29) is 11.3 Å². The van der Waals surface area contributed by atoms with Crippen molar-refractivity contribution >= 4 is 21.7 Å². The van der Waals surface area contributed by atoms with Crippen molar-refractivity contribution in [2.75, 3.05) is 0 Å². The quantitative estimate of drug-likeness (QED) is 0.794. The molecular weight excluding hydrogens is 275 g/mol. The number of hydrogen-bond donors (Lipinski definition) is 0. The Morgan fingerprint density at radius 3 is 2.88 bits per heavy atom. The first-order chi connectivity index (χ1) is 7.58. The van der Waals surface area contributed by atoms with Crippen LogP contribution in [0.2, 0.25) is 0 Å². The van der Waals surface area contributed by atoms with E-state index in [4.69, 9.17) is 0 Å². The van der Waals surface area contributed by atoms with Gasteiger partial charge in [0.05, 0.1) is 11.9 Å². The fraction of sp³-hybridized carbons (Fsp3) is 0.0909. The second-order valence-electron chi connectivity index (χ2n) is 3.38. The lowest BCUT2D eigenvalue weighted by Crippen LogP contribution is -2.04. The molecule has 0 fully saturated rings. The molecule has 0 aliphatic heterocycles. The molecule has 0 aliphatic rings. The van der Waals surface area contributed by atoms with Crippen LogP contribution in [0.4, 0.5) is 4.39 Å². The van der Waals surface area contributed by atoms with Crippen molar-refractivity contribution in [3.8, 4) is 0 Å². The molecule has 0 saturated carbocycles. The molecule has 2 aromatic rings. The summed E-state index contributed by atoms with van der Waals surface area (Å²) in [4.78, 5) is 15.8. The van der Waals surface area contributed by atoms with Crippen molar-refractivity contribution in [3.63, 3.8) is 0 Å². The van der Waals surface area contributed by atoms with Crippen LogP contribution in [0.5, 0.6) is 0 Å². The van der Waals surface area contributed by atoms with Gasteiger partial charge in [-0.2, -0.15) is 0 Å². The van der Waals surface area contributed by atoms with Gasteiger partial charge in [0.25, 0.3) is 0 Å². The number of rotatable bonds is 2. The van der Waals surface area contributed by atoms with E-state index in [2.05, 4.69) is 20.9 Å². The molecule has 0 radical (unpaired) electrons. The molecule has 0 N–H and O–H groups in total. The van der Waals surface area contributed by atoms with E-state index in [0.717, 1.165) is 0 Å². The Hall–Kier alpha value is -1.49. The van der Waals surface area contributed by atoms with E-state index in [1.165, 1.54) is 18.5 Å². The Kier molecular flexibility index (Phi) is 2.87. The van der Waals surface area contributed by atoms with Crippen molar-refractivity contribution in [2.45, 2.75) is 0 Å². The van der Waals surface area contributed by atoms with Gasteiger partial charge < -0.3 is 4.57 Å². The Balaban J connectivity index is 2.45. The molecule has 0 aliphatic carbocycles. The van der Waals surface area contributed by atoms with Gasteiger partial charge in [-0.15, -0.1) is 0 Å². The molecule has 0 amide bonds. The van der Waals surface area contributed by atoms with Gasteiger partial charge in [-0.05, 0) is 18.2 Å². The van der Waals surface area contributed by atoms with E-state index < -0.39 is 11.6 Å². The highest BCUT2D eigenvalue weighted by atomic mass is 79.9. The zero-order chi connectivity index (χ0) is 11.7. The molecule has 2 rings (SSSR count). The van der Waals surface area contributed by atoms with Crippen LogP contribution in [-0.2, 0) is 7.05 Å². The number of nitrogens with zero attached hydrogens (tertiary/aromatic N) is 2. The van der Waals surface area contributed by atoms with Gasteiger partial charge in [0.2, 0.25) is 5.78 Å². The fourth-order valence-corrected chi connectivity index (χ4v) is 1.70. The summed E-state index contributed by atoms with van der Waals surface area (Å²) in [5.41, 5.74) is 0.257. The molecule has 3 nitrogen and oxygen atoms in total. The van der Waals surface area contributed by atoms with E-state index in [0.29, 0.717) is 4.47 Å². The normalized spacial score (nSPS) is 10.4. The summed E-state index contributed by atoms with van der Waals surface area (Å²) >= 11 is 3.20. The molecule has 5 heteroatoms. The molecule has 1 heterocycles. The summed E-state index contributed by atoms with van der Waals surface area (Å²) in [5, 5.41) is 0. The lowest BCUT2D eigenvalue weighted by Gasteiger charge is -2.00. The minimum atomic E-state index is -0.543. The van der Waals surface area contributed by atoms with Crippen LogP contribution < -0.4 is 0 Å². The van der Waals surface area contributed by atoms with Gasteiger partial charge in [-0.1, -0.05) is 15.9 Å². The number of carbonyl (C=O) groups is 1. The minimum absolute atomic E-state index is 0.0214. The molecule has 1 aromatic carbocycles. The Bertz CT molecular complexity index is 551. The van der Waals surface area contributed by atoms with E-state index in [1.807, 2.05) is 0 Å². The molecule has 0 atom stereocenters. The third-order valence-electron chi connectivity index (χ3n) is 2.11. The van der Waals surface area contributed by atoms with Crippen molar-refractivity contribution in [1.29, 1.82) is 0 Å². The van der Waals surface area contributed by atoms with Crippen molar-refractivity contribution in [2.24, 2.45) is 7.05 Å². The number of halogens is 2. The lowest BCUT2D eigenvalue weighted by molar-refractivity contribution is 0.103. The number of aromatic nitrogens is 2. The lowest BCUT2D eigenvalue weighted by atomic mass is 10.1. The number of imidazole rings is 1. The summed E-state index contributed by atoms with van der Waals surface area (Å²) in [5.74, 6) is -0.960. The SMILES string of the molecule is Cn1cnc(C(=O)c2cc(Br)ccc2F)c1. The zero-order valence-corrected chi connectivity index (χ0v) is 10.0. The Labute approximate surface area is 100 Å². The fourth-order valence-electron chi connectivity index (χ4n) is 1.34. The molecule has 0 saturated heterocycles. The van der Waals surface area contributed by atoms with Gasteiger partial charge in [-0.3, -0.25) is 4.79 Å². The Morgan fingerprint density at radius 1 is 1.50 bits per heavy atom. The van der Waals surface area contributed by atoms with E-state index in [9.17, 15) is 9.18 Å². The number of ketones is 1. The summed E-state index contributed by atoms with van der Waals surface area (Å²) < 4.78 is 15.7. The maximum absolute atomic E-state index is 13.4. The molecule has 0 bridgehead atoms. The van der Waals surface area contributed by atoms with Crippen LogP contribution in [0.3, 0.4) is 0 Å². The second kappa shape index (κ2) is 4.17. The average molecular weight is 283 g/mol. The highest BCUT2D eigenvalue weighted by Gasteiger charge is 2.16. The first-order valence-electron chi connectivity index (χ1n) is 4.55. The third-order valence-corrected chi connectivity index (χ3v) is 2.60. The highest BCUT2D eigenvalue weighted by Crippen LogP contribution is 2.18. The first-order valence-corrected chi connectivity index (χ1v) is 5.35. The maximum Gasteiger partial charge on any atom is 0.215 e. The van der Waals surface area contributed by atoms with Gasteiger partial charge in [0.1, 0.15) is 11.5 Å². The highest BCUT2D eigenvalue weighted by molar-refractivity contribution is 9.10. The van der Waals surface area contributed by atoms with Crippen molar-refractivity contribution in [1.82, 2.24) is 9.55 Å². The molecule has 1 aromatic heterocycles. The topological polar surface area (TPSA) is 34.9 Å². The first kappa shape index (κ1) is 11.0. The Morgan fingerprint density at radius 2 is 2.25 bits per heavy atom. The predicted molar refractivity (Wildman–Crippen MR) is 60.7 cm³/mol. The van der Waals surface area contributed by atoms with Gasteiger partial charge in [0.15, 0.2) is 0 Å². The van der Waals surface area contributed by atoms with E-state index >= 15 is 0 Å². The van der Waals surface area contributed by atoms with Crippen LogP contribution in [-0.4, -0.2) is 15.3 Å². The van der Waals surface area contributed by atoms with E-state index in [1.54, 1.807) is 23.9 Å². The molecule has 16 heavy (non-hydrogen) atoms. The largest absolute Gasteiger partial charge is 0.340 e. The number of carbonyl (C=O) groups excluding carboxylic acids is 1. The van der Waals surface area contributed by atoms with Crippen molar-refractivity contribution in [3.05, 3.63) is 52.3 Å². The monoisotopic (exact) mass is 282 g/mol. The molecule has 82 valence electrons. The summed E-state index contributed by atoms with van der Waals surface area (Å²) in [7, 11) is 1.75. The smallest absolute Gasteiger partial charge is 0.215 e. The average Bonchev–Trinajstić information content (AvgIpc) is 2.67. The maximum atomic E-state index is 13.4. The third kappa shape index (κ3) is 2.04. The summed E-state index contributed by atoms with van der Waals surface area (Å²) in [6.45, 7) is 0. The molecular formula is C11H8BrFN2O. The van der Waals surface area contributed by atoms with Crippen molar-refractivity contribution < 1.29 is 9.18 Å². The van der Waals surface area contributed by atoms with Gasteiger partial charge in [0, 0.05) is 17.7 Å². The number of benzene rings is 1. The van der Waals surface area contributed by atoms with Crippen LogP contribution in [0.15, 0.2) is 35.2 Å². The van der Waals surface area contributed by atoms with Crippen LogP contribution in [0.1, 0.15) is 16.1 Å². The standard InChI is InChI=1S/C11H8BrFN2O/c1-15-5-10(14-6-15)11(16)8-4-7(12)2-3-9(8)13/h2-6H,1H3. The summed E-state index contributed by atoms with van der Waals surface area (Å²) in [6, 6.07) is 4.25.